The standard InChI is InChI=1S/C12H14N2O5S/c15-11(16)7-13-12(17)8-2-1-3-10(6-8)20(18,19)14-9-4-5-9/h1-3,6,9,14H,4-5,7H2,(H,13,17)(H,15,16). The van der Waals surface area contributed by atoms with Gasteiger partial charge in [0.2, 0.25) is 10.0 Å². The van der Waals surface area contributed by atoms with E-state index in [1.807, 2.05) is 0 Å². The summed E-state index contributed by atoms with van der Waals surface area (Å²) >= 11 is 0. The number of carboxylic acid groups (broad SMARTS) is 1. The molecule has 108 valence electrons. The van der Waals surface area contributed by atoms with Crippen LogP contribution in [0.5, 0.6) is 0 Å². The molecule has 0 bridgehead atoms. The maximum atomic E-state index is 12.0. The fourth-order valence-corrected chi connectivity index (χ4v) is 2.90. The fourth-order valence-electron chi connectivity index (χ4n) is 1.55. The van der Waals surface area contributed by atoms with Gasteiger partial charge in [0.1, 0.15) is 6.54 Å². The molecule has 0 saturated heterocycles. The summed E-state index contributed by atoms with van der Waals surface area (Å²) in [5.74, 6) is -1.80. The van der Waals surface area contributed by atoms with Crippen LogP contribution in [-0.4, -0.2) is 38.0 Å². The molecule has 0 heterocycles. The van der Waals surface area contributed by atoms with Crippen molar-refractivity contribution in [2.45, 2.75) is 23.8 Å². The van der Waals surface area contributed by atoms with Crippen molar-refractivity contribution >= 4 is 21.9 Å². The van der Waals surface area contributed by atoms with E-state index in [4.69, 9.17) is 5.11 Å². The van der Waals surface area contributed by atoms with Crippen molar-refractivity contribution < 1.29 is 23.1 Å². The molecule has 1 aliphatic carbocycles. The zero-order valence-corrected chi connectivity index (χ0v) is 11.3. The van der Waals surface area contributed by atoms with Gasteiger partial charge in [-0.05, 0) is 31.0 Å². The highest BCUT2D eigenvalue weighted by molar-refractivity contribution is 7.89. The molecule has 0 atom stereocenters. The normalized spacial score (nSPS) is 14.8. The monoisotopic (exact) mass is 298 g/mol. The first-order valence-electron chi connectivity index (χ1n) is 6.01. The number of sulfonamides is 1. The molecule has 8 heteroatoms. The molecule has 20 heavy (non-hydrogen) atoms. The number of carboxylic acids is 1. The van der Waals surface area contributed by atoms with Crippen LogP contribution >= 0.6 is 0 Å². The van der Waals surface area contributed by atoms with Crippen molar-refractivity contribution in [1.29, 1.82) is 0 Å². The van der Waals surface area contributed by atoms with E-state index in [1.54, 1.807) is 0 Å². The first-order valence-corrected chi connectivity index (χ1v) is 7.49. The van der Waals surface area contributed by atoms with E-state index in [0.29, 0.717) is 0 Å². The van der Waals surface area contributed by atoms with Crippen LogP contribution in [0.2, 0.25) is 0 Å². The van der Waals surface area contributed by atoms with Crippen molar-refractivity contribution in [3.05, 3.63) is 29.8 Å². The van der Waals surface area contributed by atoms with Gasteiger partial charge in [-0.15, -0.1) is 0 Å². The molecule has 0 aliphatic heterocycles. The predicted octanol–water partition coefficient (Wildman–Crippen LogP) is -0.0583. The lowest BCUT2D eigenvalue weighted by molar-refractivity contribution is -0.135. The highest BCUT2D eigenvalue weighted by Crippen LogP contribution is 2.22. The topological polar surface area (TPSA) is 113 Å². The summed E-state index contributed by atoms with van der Waals surface area (Å²) in [6.45, 7) is -0.518. The van der Waals surface area contributed by atoms with Gasteiger partial charge >= 0.3 is 5.97 Å². The Bertz CT molecular complexity index is 637. The predicted molar refractivity (Wildman–Crippen MR) is 69.8 cm³/mol. The number of benzene rings is 1. The maximum absolute atomic E-state index is 12.0. The molecule has 0 spiro atoms. The van der Waals surface area contributed by atoms with Gasteiger partial charge in [-0.3, -0.25) is 9.59 Å². The fraction of sp³-hybridized carbons (Fsp3) is 0.333. The summed E-state index contributed by atoms with van der Waals surface area (Å²) in [5, 5.41) is 10.7. The number of aliphatic carboxylic acids is 1. The Morgan fingerprint density at radius 2 is 2.00 bits per heavy atom. The van der Waals surface area contributed by atoms with E-state index in [9.17, 15) is 18.0 Å². The summed E-state index contributed by atoms with van der Waals surface area (Å²) in [5.41, 5.74) is 0.102. The van der Waals surface area contributed by atoms with Crippen LogP contribution in [0.25, 0.3) is 0 Å². The maximum Gasteiger partial charge on any atom is 0.322 e. The zero-order chi connectivity index (χ0) is 14.8. The van der Waals surface area contributed by atoms with Crippen molar-refractivity contribution in [2.75, 3.05) is 6.54 Å². The number of rotatable bonds is 6. The van der Waals surface area contributed by atoms with E-state index in [-0.39, 0.29) is 16.5 Å². The third kappa shape index (κ3) is 3.78. The summed E-state index contributed by atoms with van der Waals surface area (Å²) in [4.78, 5) is 22.0. The molecule has 2 rings (SSSR count). The second-order valence-electron chi connectivity index (χ2n) is 4.50. The smallest absolute Gasteiger partial charge is 0.322 e. The van der Waals surface area contributed by atoms with Gasteiger partial charge < -0.3 is 10.4 Å². The average Bonchev–Trinajstić information content (AvgIpc) is 3.19. The highest BCUT2D eigenvalue weighted by Gasteiger charge is 2.28. The molecule has 1 aromatic rings. The highest BCUT2D eigenvalue weighted by atomic mass is 32.2. The molecule has 0 radical (unpaired) electrons. The minimum absolute atomic E-state index is 0.00706. The Morgan fingerprint density at radius 1 is 1.30 bits per heavy atom. The Kier molecular flexibility index (Phi) is 4.05. The van der Waals surface area contributed by atoms with Crippen molar-refractivity contribution in [3.8, 4) is 0 Å². The summed E-state index contributed by atoms with van der Waals surface area (Å²) in [7, 11) is -3.63. The molecule has 0 unspecified atom stereocenters. The van der Waals surface area contributed by atoms with Crippen LogP contribution in [0.15, 0.2) is 29.2 Å². The first kappa shape index (κ1) is 14.5. The van der Waals surface area contributed by atoms with Gasteiger partial charge in [0, 0.05) is 11.6 Å². The van der Waals surface area contributed by atoms with Crippen LogP contribution in [-0.2, 0) is 14.8 Å². The minimum Gasteiger partial charge on any atom is -0.480 e. The van der Waals surface area contributed by atoms with Gasteiger partial charge in [-0.25, -0.2) is 13.1 Å². The lowest BCUT2D eigenvalue weighted by atomic mass is 10.2. The number of hydrogen-bond donors (Lipinski definition) is 3. The van der Waals surface area contributed by atoms with Crippen molar-refractivity contribution in [2.24, 2.45) is 0 Å². The van der Waals surface area contributed by atoms with Crippen LogP contribution in [0.3, 0.4) is 0 Å². The molecule has 7 nitrogen and oxygen atoms in total. The van der Waals surface area contributed by atoms with E-state index in [0.717, 1.165) is 12.8 Å². The number of carbonyl (C=O) groups excluding carboxylic acids is 1. The molecule has 3 N–H and O–H groups in total. The van der Waals surface area contributed by atoms with E-state index in [2.05, 4.69) is 10.0 Å². The van der Waals surface area contributed by atoms with Crippen molar-refractivity contribution in [1.82, 2.24) is 10.0 Å². The molecule has 1 aliphatic rings. The minimum atomic E-state index is -3.63. The zero-order valence-electron chi connectivity index (χ0n) is 10.5. The second kappa shape index (κ2) is 5.59. The van der Waals surface area contributed by atoms with Crippen LogP contribution in [0, 0.1) is 0 Å². The summed E-state index contributed by atoms with van der Waals surface area (Å²) < 4.78 is 26.5. The Balaban J connectivity index is 2.14. The second-order valence-corrected chi connectivity index (χ2v) is 6.21. The Morgan fingerprint density at radius 3 is 2.60 bits per heavy atom. The molecule has 0 aromatic heterocycles. The molecular weight excluding hydrogens is 284 g/mol. The lowest BCUT2D eigenvalue weighted by Crippen LogP contribution is -2.30. The van der Waals surface area contributed by atoms with Crippen LogP contribution < -0.4 is 10.0 Å². The lowest BCUT2D eigenvalue weighted by Gasteiger charge is -2.07. The molecule has 1 aromatic carbocycles. The van der Waals surface area contributed by atoms with Crippen molar-refractivity contribution in [3.63, 3.8) is 0 Å². The largest absolute Gasteiger partial charge is 0.480 e. The number of carbonyl (C=O) groups is 2. The van der Waals surface area contributed by atoms with Crippen LogP contribution in [0.1, 0.15) is 23.2 Å². The third-order valence-corrected chi connectivity index (χ3v) is 4.22. The first-order chi connectivity index (χ1) is 9.38. The quantitative estimate of drug-likeness (QED) is 0.681. The third-order valence-electron chi connectivity index (χ3n) is 2.71. The van der Waals surface area contributed by atoms with E-state index in [1.165, 1.54) is 24.3 Å². The van der Waals surface area contributed by atoms with Gasteiger partial charge in [0.05, 0.1) is 4.90 Å². The van der Waals surface area contributed by atoms with E-state index >= 15 is 0 Å². The molecular formula is C12H14N2O5S. The van der Waals surface area contributed by atoms with Crippen LogP contribution in [0.4, 0.5) is 0 Å². The van der Waals surface area contributed by atoms with Gasteiger partial charge in [-0.1, -0.05) is 6.07 Å². The number of hydrogen-bond acceptors (Lipinski definition) is 4. The van der Waals surface area contributed by atoms with E-state index < -0.39 is 28.4 Å². The average molecular weight is 298 g/mol. The van der Waals surface area contributed by atoms with Gasteiger partial charge in [0.15, 0.2) is 0 Å². The molecule has 1 amide bonds. The SMILES string of the molecule is O=C(O)CNC(=O)c1cccc(S(=O)(=O)NC2CC2)c1. The summed E-state index contributed by atoms with van der Waals surface area (Å²) in [6, 6.07) is 5.45. The molecule has 1 fully saturated rings. The van der Waals surface area contributed by atoms with Gasteiger partial charge in [-0.2, -0.15) is 0 Å². The summed E-state index contributed by atoms with van der Waals surface area (Å²) in [6.07, 6.45) is 1.63. The number of nitrogens with one attached hydrogen (secondary N) is 2. The number of amides is 1. The molecule has 1 saturated carbocycles. The Labute approximate surface area is 116 Å². The Hall–Kier alpha value is -1.93. The van der Waals surface area contributed by atoms with Gasteiger partial charge in [0.25, 0.3) is 5.91 Å².